The fraction of sp³-hybridized carbons (Fsp3) is 0.278. The van der Waals surface area contributed by atoms with Crippen molar-refractivity contribution in [3.63, 3.8) is 0 Å². The Morgan fingerprint density at radius 1 is 1.19 bits per heavy atom. The summed E-state index contributed by atoms with van der Waals surface area (Å²) in [4.78, 5) is 32.4. The van der Waals surface area contributed by atoms with Gasteiger partial charge in [0.25, 0.3) is 0 Å². The van der Waals surface area contributed by atoms with Gasteiger partial charge in [-0.1, -0.05) is 11.6 Å². The van der Waals surface area contributed by atoms with Crippen molar-refractivity contribution >= 4 is 46.9 Å². The van der Waals surface area contributed by atoms with Crippen molar-refractivity contribution in [3.05, 3.63) is 47.1 Å². The van der Waals surface area contributed by atoms with Crippen molar-refractivity contribution in [2.75, 3.05) is 42.7 Å². The van der Waals surface area contributed by atoms with E-state index in [0.29, 0.717) is 37.0 Å². The average Bonchev–Trinajstić information content (AvgIpc) is 2.68. The van der Waals surface area contributed by atoms with Gasteiger partial charge in [-0.25, -0.2) is 14.6 Å². The Labute approximate surface area is 166 Å². The third-order valence-electron chi connectivity index (χ3n) is 4.28. The number of aromatic carboxylic acids is 1. The fourth-order valence-corrected chi connectivity index (χ4v) is 3.47. The van der Waals surface area contributed by atoms with Crippen LogP contribution in [0, 0.1) is 0 Å². The maximum Gasteiger partial charge on any atom is 0.337 e. The molecule has 27 heavy (non-hydrogen) atoms. The highest BCUT2D eigenvalue weighted by Gasteiger charge is 2.23. The van der Waals surface area contributed by atoms with Crippen molar-refractivity contribution in [1.29, 1.82) is 0 Å². The lowest BCUT2D eigenvalue weighted by atomic mass is 10.2. The Kier molecular flexibility index (Phi) is 6.08. The molecule has 0 saturated carbocycles. The molecule has 1 aliphatic heterocycles. The van der Waals surface area contributed by atoms with Crippen LogP contribution in [0.25, 0.3) is 0 Å². The molecular weight excluding hydrogens is 388 g/mol. The number of hydrogen-bond donors (Lipinski definition) is 2. The average molecular weight is 407 g/mol. The van der Waals surface area contributed by atoms with Crippen LogP contribution in [-0.2, 0) is 0 Å². The predicted octanol–water partition coefficient (Wildman–Crippen LogP) is 3.51. The van der Waals surface area contributed by atoms with Crippen molar-refractivity contribution in [2.24, 2.45) is 0 Å². The number of carbonyl (C=O) groups is 2. The Morgan fingerprint density at radius 2 is 1.85 bits per heavy atom. The third kappa shape index (κ3) is 4.64. The number of pyridine rings is 1. The highest BCUT2D eigenvalue weighted by atomic mass is 35.5. The van der Waals surface area contributed by atoms with Gasteiger partial charge in [-0.3, -0.25) is 0 Å². The summed E-state index contributed by atoms with van der Waals surface area (Å²) in [6.45, 7) is 2.18. The molecule has 142 valence electrons. The fourth-order valence-electron chi connectivity index (χ4n) is 2.78. The third-order valence-corrected chi connectivity index (χ3v) is 5.30. The zero-order valence-corrected chi connectivity index (χ0v) is 16.3. The summed E-state index contributed by atoms with van der Waals surface area (Å²) in [5, 5.41) is 12.2. The molecule has 1 aliphatic rings. The van der Waals surface area contributed by atoms with Crippen LogP contribution in [0.3, 0.4) is 0 Å². The van der Waals surface area contributed by atoms with Crippen molar-refractivity contribution in [1.82, 2.24) is 9.88 Å². The van der Waals surface area contributed by atoms with Crippen molar-refractivity contribution < 1.29 is 14.7 Å². The number of aromatic nitrogens is 1. The van der Waals surface area contributed by atoms with E-state index in [1.54, 1.807) is 16.7 Å². The van der Waals surface area contributed by atoms with Gasteiger partial charge in [0, 0.05) is 43.0 Å². The molecule has 0 atom stereocenters. The van der Waals surface area contributed by atoms with E-state index in [1.807, 2.05) is 35.4 Å². The zero-order valence-electron chi connectivity index (χ0n) is 14.7. The molecule has 0 bridgehead atoms. The summed E-state index contributed by atoms with van der Waals surface area (Å²) in [5.41, 5.74) is 0.809. The largest absolute Gasteiger partial charge is 0.478 e. The molecule has 0 unspecified atom stereocenters. The van der Waals surface area contributed by atoms with Gasteiger partial charge >= 0.3 is 12.0 Å². The number of amides is 2. The summed E-state index contributed by atoms with van der Waals surface area (Å²) in [6.07, 6.45) is 3.30. The summed E-state index contributed by atoms with van der Waals surface area (Å²) >= 11 is 7.82. The van der Waals surface area contributed by atoms with Gasteiger partial charge in [0.05, 0.1) is 10.6 Å². The molecule has 7 nitrogen and oxygen atoms in total. The van der Waals surface area contributed by atoms with E-state index in [4.69, 9.17) is 16.7 Å². The molecule has 3 rings (SSSR count). The normalized spacial score (nSPS) is 14.1. The van der Waals surface area contributed by atoms with E-state index in [1.165, 1.54) is 12.3 Å². The monoisotopic (exact) mass is 406 g/mol. The summed E-state index contributed by atoms with van der Waals surface area (Å²) < 4.78 is 0. The van der Waals surface area contributed by atoms with Crippen LogP contribution in [-0.4, -0.2) is 59.4 Å². The first-order valence-electron chi connectivity index (χ1n) is 8.31. The molecule has 1 saturated heterocycles. The van der Waals surface area contributed by atoms with Gasteiger partial charge in [-0.05, 0) is 36.6 Å². The number of thioether (sulfide) groups is 1. The highest BCUT2D eigenvalue weighted by Crippen LogP contribution is 2.25. The molecule has 2 amide bonds. The number of nitrogens with zero attached hydrogens (tertiary/aromatic N) is 3. The standard InChI is InChI=1S/C18H19ClN4O3S/c1-27-14-4-2-13(3-5-14)21-18(26)23-8-6-22(7-9-23)16-15(19)10-12(11-20-16)17(24)25/h2-5,10-11H,6-9H2,1H3,(H,21,26)(H,24,25). The Morgan fingerprint density at radius 3 is 2.41 bits per heavy atom. The molecule has 2 heterocycles. The minimum Gasteiger partial charge on any atom is -0.478 e. The number of nitrogens with one attached hydrogen (secondary N) is 1. The molecular formula is C18H19ClN4O3S. The molecule has 1 aromatic carbocycles. The molecule has 1 fully saturated rings. The van der Waals surface area contributed by atoms with Crippen LogP contribution in [0.4, 0.5) is 16.3 Å². The number of urea groups is 1. The van der Waals surface area contributed by atoms with Gasteiger partial charge in [0.15, 0.2) is 0 Å². The molecule has 1 aromatic heterocycles. The first kappa shape index (κ1) is 19.3. The van der Waals surface area contributed by atoms with E-state index in [-0.39, 0.29) is 11.6 Å². The number of carboxylic acid groups (broad SMARTS) is 1. The van der Waals surface area contributed by atoms with E-state index in [2.05, 4.69) is 10.3 Å². The maximum absolute atomic E-state index is 12.4. The van der Waals surface area contributed by atoms with Crippen LogP contribution >= 0.6 is 23.4 Å². The smallest absolute Gasteiger partial charge is 0.337 e. The van der Waals surface area contributed by atoms with Crippen LogP contribution in [0.5, 0.6) is 0 Å². The second kappa shape index (κ2) is 8.49. The summed E-state index contributed by atoms with van der Waals surface area (Å²) in [6, 6.07) is 8.94. The van der Waals surface area contributed by atoms with Gasteiger partial charge in [0.1, 0.15) is 5.82 Å². The first-order valence-corrected chi connectivity index (χ1v) is 9.92. The number of halogens is 1. The summed E-state index contributed by atoms with van der Waals surface area (Å²) in [5.74, 6) is -0.530. The Balaban J connectivity index is 1.58. The summed E-state index contributed by atoms with van der Waals surface area (Å²) in [7, 11) is 0. The first-order chi connectivity index (χ1) is 13.0. The quantitative estimate of drug-likeness (QED) is 0.756. The number of piperazine rings is 1. The Bertz CT molecular complexity index is 839. The lowest BCUT2D eigenvalue weighted by Gasteiger charge is -2.35. The second-order valence-corrected chi connectivity index (χ2v) is 7.25. The molecule has 0 radical (unpaired) electrons. The molecule has 9 heteroatoms. The van der Waals surface area contributed by atoms with E-state index >= 15 is 0 Å². The maximum atomic E-state index is 12.4. The van der Waals surface area contributed by atoms with Crippen LogP contribution in [0.2, 0.25) is 5.02 Å². The number of hydrogen-bond acceptors (Lipinski definition) is 5. The van der Waals surface area contributed by atoms with E-state index in [9.17, 15) is 9.59 Å². The van der Waals surface area contributed by atoms with Crippen molar-refractivity contribution in [3.8, 4) is 0 Å². The van der Waals surface area contributed by atoms with E-state index < -0.39 is 5.97 Å². The van der Waals surface area contributed by atoms with Crippen LogP contribution in [0.1, 0.15) is 10.4 Å². The SMILES string of the molecule is CSc1ccc(NC(=O)N2CCN(c3ncc(C(=O)O)cc3Cl)CC2)cc1. The number of benzene rings is 1. The Hall–Kier alpha value is -2.45. The predicted molar refractivity (Wildman–Crippen MR) is 107 cm³/mol. The zero-order chi connectivity index (χ0) is 19.4. The van der Waals surface area contributed by atoms with Crippen LogP contribution < -0.4 is 10.2 Å². The molecule has 2 N–H and O–H groups in total. The minimum atomic E-state index is -1.07. The molecule has 2 aromatic rings. The second-order valence-electron chi connectivity index (χ2n) is 5.97. The number of carbonyl (C=O) groups excluding carboxylic acids is 1. The van der Waals surface area contributed by atoms with Crippen LogP contribution in [0.15, 0.2) is 41.4 Å². The highest BCUT2D eigenvalue weighted by molar-refractivity contribution is 7.98. The molecule has 0 spiro atoms. The topological polar surface area (TPSA) is 85.8 Å². The lowest BCUT2D eigenvalue weighted by molar-refractivity contribution is 0.0696. The number of anilines is 2. The molecule has 0 aliphatic carbocycles. The van der Waals surface area contributed by atoms with Gasteiger partial charge < -0.3 is 20.2 Å². The minimum absolute atomic E-state index is 0.0502. The lowest BCUT2D eigenvalue weighted by Crippen LogP contribution is -2.50. The van der Waals surface area contributed by atoms with Crippen molar-refractivity contribution in [2.45, 2.75) is 4.90 Å². The van der Waals surface area contributed by atoms with Gasteiger partial charge in [-0.2, -0.15) is 0 Å². The van der Waals surface area contributed by atoms with Gasteiger partial charge in [0.2, 0.25) is 0 Å². The number of carboxylic acids is 1. The van der Waals surface area contributed by atoms with Gasteiger partial charge in [-0.15, -0.1) is 11.8 Å². The number of rotatable bonds is 4. The van der Waals surface area contributed by atoms with E-state index in [0.717, 1.165) is 10.6 Å².